The SMILES string of the molecule is Cn1c(=O)n(Cc2ccccn2)c(=O)c2c1ncn2C1(C(=O)Nc2cccc(-c3cnc(C(F)(F)F)nc3)n2)CC1. The van der Waals surface area contributed by atoms with E-state index in [0.717, 1.165) is 17.0 Å². The van der Waals surface area contributed by atoms with Gasteiger partial charge < -0.3 is 9.88 Å². The number of nitrogens with zero attached hydrogens (tertiary/aromatic N) is 8. The zero-order valence-electron chi connectivity index (χ0n) is 21.3. The van der Waals surface area contributed by atoms with Crippen LogP contribution in [0.2, 0.25) is 0 Å². The van der Waals surface area contributed by atoms with Gasteiger partial charge in [-0.2, -0.15) is 13.2 Å². The number of halogens is 3. The second kappa shape index (κ2) is 9.46. The number of anilines is 1. The van der Waals surface area contributed by atoms with Crippen molar-refractivity contribution in [2.45, 2.75) is 31.1 Å². The summed E-state index contributed by atoms with van der Waals surface area (Å²) >= 11 is 0. The van der Waals surface area contributed by atoms with Crippen molar-refractivity contribution in [3.05, 3.63) is 93.7 Å². The number of alkyl halides is 3. The average Bonchev–Trinajstić information content (AvgIpc) is 3.66. The molecule has 208 valence electrons. The summed E-state index contributed by atoms with van der Waals surface area (Å²) < 4.78 is 42.2. The van der Waals surface area contributed by atoms with Crippen LogP contribution in [0.25, 0.3) is 22.4 Å². The van der Waals surface area contributed by atoms with Gasteiger partial charge in [0.05, 0.1) is 24.3 Å². The summed E-state index contributed by atoms with van der Waals surface area (Å²) in [5.41, 5.74) is -1.09. The number of carbonyl (C=O) groups is 1. The smallest absolute Gasteiger partial charge is 0.309 e. The number of hydrogen-bond acceptors (Lipinski definition) is 8. The first-order valence-corrected chi connectivity index (χ1v) is 12.3. The molecular weight excluding hydrogens is 543 g/mol. The van der Waals surface area contributed by atoms with Gasteiger partial charge in [-0.25, -0.2) is 24.7 Å². The Morgan fingerprint density at radius 1 is 1.02 bits per heavy atom. The van der Waals surface area contributed by atoms with Gasteiger partial charge in [-0.05, 0) is 37.1 Å². The molecular formula is C26H20F3N9O3. The van der Waals surface area contributed by atoms with Crippen molar-refractivity contribution >= 4 is 22.9 Å². The average molecular weight is 564 g/mol. The molecule has 5 aromatic heterocycles. The molecule has 0 spiro atoms. The van der Waals surface area contributed by atoms with E-state index < -0.39 is 34.7 Å². The van der Waals surface area contributed by atoms with E-state index in [0.29, 0.717) is 18.5 Å². The molecule has 41 heavy (non-hydrogen) atoms. The number of hydrogen-bond donors (Lipinski definition) is 1. The molecule has 0 aromatic carbocycles. The molecule has 0 aliphatic heterocycles. The Hall–Kier alpha value is -5.21. The number of carbonyl (C=O) groups excluding carboxylic acids is 1. The maximum atomic E-state index is 13.6. The quantitative estimate of drug-likeness (QED) is 0.332. The maximum absolute atomic E-state index is 13.6. The molecule has 5 aromatic rings. The second-order valence-corrected chi connectivity index (χ2v) is 9.53. The van der Waals surface area contributed by atoms with Gasteiger partial charge in [0.25, 0.3) is 11.5 Å². The molecule has 5 heterocycles. The fourth-order valence-electron chi connectivity index (χ4n) is 4.59. The van der Waals surface area contributed by atoms with Gasteiger partial charge in [0.1, 0.15) is 11.4 Å². The van der Waals surface area contributed by atoms with E-state index in [4.69, 9.17) is 0 Å². The highest BCUT2D eigenvalue weighted by atomic mass is 19.4. The predicted octanol–water partition coefficient (Wildman–Crippen LogP) is 2.34. The van der Waals surface area contributed by atoms with Crippen LogP contribution >= 0.6 is 0 Å². The molecule has 1 N–H and O–H groups in total. The van der Waals surface area contributed by atoms with Crippen molar-refractivity contribution < 1.29 is 18.0 Å². The van der Waals surface area contributed by atoms with Crippen LogP contribution in [0.3, 0.4) is 0 Å². The lowest BCUT2D eigenvalue weighted by Gasteiger charge is -2.18. The van der Waals surface area contributed by atoms with Crippen LogP contribution in [0.1, 0.15) is 24.4 Å². The summed E-state index contributed by atoms with van der Waals surface area (Å²) in [5.74, 6) is -1.59. The Morgan fingerprint density at radius 2 is 1.78 bits per heavy atom. The standard InChI is InChI=1S/C26H20F3N9O3/c1-36-20-19(21(39)37(24(36)41)13-16-5-2-3-10-30-16)38(14-33-20)25(8-9-25)23(40)35-18-7-4-6-17(34-18)15-11-31-22(32-12-15)26(27,28)29/h2-7,10-12,14H,8-9,13H2,1H3,(H,34,35,40). The monoisotopic (exact) mass is 563 g/mol. The number of amides is 1. The van der Waals surface area contributed by atoms with Crippen LogP contribution < -0.4 is 16.6 Å². The van der Waals surface area contributed by atoms with Crippen LogP contribution in [0.4, 0.5) is 19.0 Å². The molecule has 1 aliphatic carbocycles. The molecule has 1 saturated carbocycles. The van der Waals surface area contributed by atoms with E-state index in [1.165, 1.54) is 28.6 Å². The van der Waals surface area contributed by atoms with Gasteiger partial charge in [0.15, 0.2) is 11.2 Å². The van der Waals surface area contributed by atoms with Gasteiger partial charge in [-0.3, -0.25) is 23.7 Å². The van der Waals surface area contributed by atoms with Crippen molar-refractivity contribution in [3.8, 4) is 11.3 Å². The van der Waals surface area contributed by atoms with Gasteiger partial charge in [-0.1, -0.05) is 12.1 Å². The molecule has 1 fully saturated rings. The van der Waals surface area contributed by atoms with Gasteiger partial charge in [-0.15, -0.1) is 0 Å². The molecule has 15 heteroatoms. The van der Waals surface area contributed by atoms with Crippen LogP contribution in [-0.2, 0) is 30.1 Å². The van der Waals surface area contributed by atoms with E-state index in [1.807, 2.05) is 0 Å². The maximum Gasteiger partial charge on any atom is 0.451 e. The molecule has 0 unspecified atom stereocenters. The molecule has 6 rings (SSSR count). The Labute approximate surface area is 228 Å². The normalized spacial score (nSPS) is 14.2. The summed E-state index contributed by atoms with van der Waals surface area (Å²) in [5, 5.41) is 2.74. The zero-order valence-corrected chi connectivity index (χ0v) is 21.3. The van der Waals surface area contributed by atoms with Gasteiger partial charge in [0.2, 0.25) is 5.82 Å². The summed E-state index contributed by atoms with van der Waals surface area (Å²) in [7, 11) is 1.50. The molecule has 1 amide bonds. The third-order valence-electron chi connectivity index (χ3n) is 6.88. The summed E-state index contributed by atoms with van der Waals surface area (Å²) in [4.78, 5) is 59.6. The zero-order chi connectivity index (χ0) is 28.9. The van der Waals surface area contributed by atoms with E-state index in [2.05, 4.69) is 30.2 Å². The number of aryl methyl sites for hydroxylation is 1. The molecule has 1 aliphatic rings. The lowest BCUT2D eigenvalue weighted by atomic mass is 10.2. The second-order valence-electron chi connectivity index (χ2n) is 9.53. The van der Waals surface area contributed by atoms with E-state index in [9.17, 15) is 27.6 Å². The van der Waals surface area contributed by atoms with Crippen molar-refractivity contribution in [1.29, 1.82) is 0 Å². The van der Waals surface area contributed by atoms with Crippen molar-refractivity contribution in [2.24, 2.45) is 7.05 Å². The Kier molecular flexibility index (Phi) is 6.01. The molecule has 0 radical (unpaired) electrons. The largest absolute Gasteiger partial charge is 0.451 e. The molecule has 12 nitrogen and oxygen atoms in total. The van der Waals surface area contributed by atoms with Crippen LogP contribution in [-0.4, -0.2) is 44.5 Å². The van der Waals surface area contributed by atoms with Gasteiger partial charge in [0, 0.05) is 31.2 Å². The first-order valence-electron chi connectivity index (χ1n) is 12.3. The summed E-state index contributed by atoms with van der Waals surface area (Å²) in [6.07, 6.45) is 1.07. The molecule has 0 saturated heterocycles. The fourth-order valence-corrected chi connectivity index (χ4v) is 4.59. The summed E-state index contributed by atoms with van der Waals surface area (Å²) in [6.45, 7) is -0.0585. The molecule has 0 atom stereocenters. The number of aromatic nitrogens is 8. The highest BCUT2D eigenvalue weighted by Gasteiger charge is 2.53. The van der Waals surface area contributed by atoms with E-state index in [1.54, 1.807) is 36.5 Å². The van der Waals surface area contributed by atoms with Crippen LogP contribution in [0, 0.1) is 0 Å². The number of nitrogens with one attached hydrogen (secondary N) is 1. The van der Waals surface area contributed by atoms with Crippen molar-refractivity contribution in [1.82, 2.24) is 38.6 Å². The van der Waals surface area contributed by atoms with Crippen LogP contribution in [0.15, 0.2) is 70.9 Å². The van der Waals surface area contributed by atoms with Gasteiger partial charge >= 0.3 is 11.9 Å². The molecule has 0 bridgehead atoms. The number of rotatable bonds is 6. The van der Waals surface area contributed by atoms with E-state index >= 15 is 0 Å². The summed E-state index contributed by atoms with van der Waals surface area (Å²) in [6, 6.07) is 9.81. The lowest BCUT2D eigenvalue weighted by molar-refractivity contribution is -0.145. The van der Waals surface area contributed by atoms with Crippen molar-refractivity contribution in [2.75, 3.05) is 5.32 Å². The third kappa shape index (κ3) is 4.54. The minimum absolute atomic E-state index is 0.0585. The number of pyridine rings is 2. The third-order valence-corrected chi connectivity index (χ3v) is 6.88. The topological polar surface area (TPSA) is 142 Å². The van der Waals surface area contributed by atoms with Crippen LogP contribution in [0.5, 0.6) is 0 Å². The first kappa shape index (κ1) is 26.0. The predicted molar refractivity (Wildman–Crippen MR) is 139 cm³/mol. The Balaban J connectivity index is 1.32. The first-order chi connectivity index (χ1) is 19.6. The lowest BCUT2D eigenvalue weighted by Crippen LogP contribution is -2.41. The minimum atomic E-state index is -4.67. The minimum Gasteiger partial charge on any atom is -0.309 e. The Bertz CT molecular complexity index is 1910. The number of imidazole rings is 1. The highest BCUT2D eigenvalue weighted by Crippen LogP contribution is 2.45. The Morgan fingerprint density at radius 3 is 2.44 bits per heavy atom. The number of fused-ring (bicyclic) bond motifs is 1. The fraction of sp³-hybridized carbons (Fsp3) is 0.231. The highest BCUT2D eigenvalue weighted by molar-refractivity contribution is 5.99. The van der Waals surface area contributed by atoms with E-state index in [-0.39, 0.29) is 34.8 Å². The van der Waals surface area contributed by atoms with Crippen molar-refractivity contribution in [3.63, 3.8) is 0 Å².